The molecular weight excluding hydrogens is 266 g/mol. The Bertz CT molecular complexity index is 454. The third kappa shape index (κ3) is 4.19. The predicted octanol–water partition coefficient (Wildman–Crippen LogP) is 1.96. The molecule has 5 nitrogen and oxygen atoms in total. The first-order valence-electron chi connectivity index (χ1n) is 7.55. The van der Waals surface area contributed by atoms with Gasteiger partial charge in [-0.2, -0.15) is 0 Å². The zero-order chi connectivity index (χ0) is 15.2. The smallest absolute Gasteiger partial charge is 0.141 e. The normalized spacial score (nSPS) is 21.1. The minimum Gasteiger partial charge on any atom is -0.409 e. The number of aliphatic hydroxyl groups is 1. The average Bonchev–Trinajstić information content (AvgIpc) is 2.53. The number of likely N-dealkylation sites (tertiary alicyclic amines) is 1. The van der Waals surface area contributed by atoms with Crippen molar-refractivity contribution in [3.05, 3.63) is 35.9 Å². The van der Waals surface area contributed by atoms with Crippen molar-refractivity contribution < 1.29 is 10.3 Å². The number of rotatable bonds is 5. The van der Waals surface area contributed by atoms with E-state index in [-0.39, 0.29) is 18.0 Å². The van der Waals surface area contributed by atoms with Crippen LogP contribution in [0.4, 0.5) is 0 Å². The second-order valence-electron chi connectivity index (χ2n) is 5.84. The van der Waals surface area contributed by atoms with Gasteiger partial charge in [0.05, 0.1) is 6.10 Å². The first kappa shape index (κ1) is 15.8. The number of nitrogens with two attached hydrogens (primary N) is 1. The van der Waals surface area contributed by atoms with Crippen molar-refractivity contribution in [2.45, 2.75) is 38.3 Å². The number of hydrogen-bond donors (Lipinski definition) is 3. The molecule has 0 saturated carbocycles. The summed E-state index contributed by atoms with van der Waals surface area (Å²) in [5, 5.41) is 21.7. The van der Waals surface area contributed by atoms with Crippen LogP contribution in [-0.2, 0) is 0 Å². The summed E-state index contributed by atoms with van der Waals surface area (Å²) in [5.74, 6) is 0.628. The van der Waals surface area contributed by atoms with E-state index in [2.05, 4.69) is 22.2 Å². The third-order valence-corrected chi connectivity index (χ3v) is 4.41. The van der Waals surface area contributed by atoms with Crippen LogP contribution in [0.3, 0.4) is 0 Å². The van der Waals surface area contributed by atoms with Gasteiger partial charge in [-0.25, -0.2) is 0 Å². The molecule has 1 heterocycles. The van der Waals surface area contributed by atoms with Crippen LogP contribution in [-0.4, -0.2) is 40.2 Å². The second-order valence-corrected chi connectivity index (χ2v) is 5.84. The van der Waals surface area contributed by atoms with Crippen molar-refractivity contribution in [3.63, 3.8) is 0 Å². The van der Waals surface area contributed by atoms with E-state index in [1.807, 2.05) is 25.1 Å². The van der Waals surface area contributed by atoms with Crippen LogP contribution in [0.15, 0.2) is 35.5 Å². The van der Waals surface area contributed by atoms with Crippen LogP contribution < -0.4 is 5.73 Å². The van der Waals surface area contributed by atoms with Gasteiger partial charge >= 0.3 is 0 Å². The zero-order valence-electron chi connectivity index (χ0n) is 12.5. The zero-order valence-corrected chi connectivity index (χ0v) is 12.5. The molecule has 0 aromatic heterocycles. The standard InChI is InChI=1S/C16H25N3O2/c1-12(20)13-7-9-19(10-8-13)15(11-16(17)18-21)14-5-3-2-4-6-14/h2-6,12-13,15,20-21H,7-11H2,1H3,(H2,17,18). The first-order valence-corrected chi connectivity index (χ1v) is 7.55. The highest BCUT2D eigenvalue weighted by atomic mass is 16.4. The molecule has 1 saturated heterocycles. The Morgan fingerprint density at radius 1 is 1.33 bits per heavy atom. The highest BCUT2D eigenvalue weighted by Gasteiger charge is 2.28. The molecule has 116 valence electrons. The van der Waals surface area contributed by atoms with E-state index >= 15 is 0 Å². The van der Waals surface area contributed by atoms with Crippen LogP contribution in [0.1, 0.15) is 37.8 Å². The molecular formula is C16H25N3O2. The van der Waals surface area contributed by atoms with Crippen LogP contribution in [0.2, 0.25) is 0 Å². The highest BCUT2D eigenvalue weighted by Crippen LogP contribution is 2.30. The maximum Gasteiger partial charge on any atom is 0.141 e. The highest BCUT2D eigenvalue weighted by molar-refractivity contribution is 5.80. The summed E-state index contributed by atoms with van der Waals surface area (Å²) in [6, 6.07) is 10.3. The molecule has 0 amide bonds. The Balaban J connectivity index is 2.10. The monoisotopic (exact) mass is 291 g/mol. The Kier molecular flexibility index (Phi) is 5.59. The molecule has 2 atom stereocenters. The van der Waals surface area contributed by atoms with Gasteiger partial charge in [0.2, 0.25) is 0 Å². The van der Waals surface area contributed by atoms with Gasteiger partial charge in [-0.05, 0) is 44.3 Å². The average molecular weight is 291 g/mol. The van der Waals surface area contributed by atoms with Crippen LogP contribution in [0.25, 0.3) is 0 Å². The van der Waals surface area contributed by atoms with Gasteiger partial charge in [-0.15, -0.1) is 0 Å². The van der Waals surface area contributed by atoms with E-state index in [0.29, 0.717) is 12.3 Å². The van der Waals surface area contributed by atoms with Gasteiger partial charge in [0, 0.05) is 12.5 Å². The Morgan fingerprint density at radius 2 is 1.95 bits per heavy atom. The lowest BCUT2D eigenvalue weighted by Crippen LogP contribution is -2.40. The summed E-state index contributed by atoms with van der Waals surface area (Å²) in [6.45, 7) is 3.72. The van der Waals surface area contributed by atoms with Crippen molar-refractivity contribution >= 4 is 5.84 Å². The van der Waals surface area contributed by atoms with E-state index in [1.165, 1.54) is 5.56 Å². The fraction of sp³-hybridized carbons (Fsp3) is 0.562. The summed E-state index contributed by atoms with van der Waals surface area (Å²) in [4.78, 5) is 2.37. The van der Waals surface area contributed by atoms with Crippen molar-refractivity contribution in [3.8, 4) is 0 Å². The van der Waals surface area contributed by atoms with E-state index in [0.717, 1.165) is 25.9 Å². The number of oxime groups is 1. The van der Waals surface area contributed by atoms with Gasteiger partial charge in [-0.3, -0.25) is 4.90 Å². The number of nitrogens with zero attached hydrogens (tertiary/aromatic N) is 2. The molecule has 5 heteroatoms. The number of aliphatic hydroxyl groups excluding tert-OH is 1. The van der Waals surface area contributed by atoms with E-state index in [1.54, 1.807) is 0 Å². The molecule has 1 fully saturated rings. The minimum atomic E-state index is -0.244. The fourth-order valence-corrected chi connectivity index (χ4v) is 3.09. The molecule has 1 aromatic carbocycles. The van der Waals surface area contributed by atoms with Crippen LogP contribution >= 0.6 is 0 Å². The van der Waals surface area contributed by atoms with Crippen LogP contribution in [0, 0.1) is 5.92 Å². The molecule has 1 aliphatic heterocycles. The third-order valence-electron chi connectivity index (χ3n) is 4.41. The van der Waals surface area contributed by atoms with Crippen LogP contribution in [0.5, 0.6) is 0 Å². The predicted molar refractivity (Wildman–Crippen MR) is 83.2 cm³/mol. The van der Waals surface area contributed by atoms with Gasteiger partial charge < -0.3 is 16.0 Å². The summed E-state index contributed by atoms with van der Waals surface area (Å²) in [6.07, 6.45) is 2.24. The summed E-state index contributed by atoms with van der Waals surface area (Å²) < 4.78 is 0. The number of benzene rings is 1. The Morgan fingerprint density at radius 3 is 2.48 bits per heavy atom. The van der Waals surface area contributed by atoms with Gasteiger partial charge in [0.25, 0.3) is 0 Å². The molecule has 0 bridgehead atoms. The first-order chi connectivity index (χ1) is 10.1. The lowest BCUT2D eigenvalue weighted by Gasteiger charge is -2.38. The van der Waals surface area contributed by atoms with Crippen molar-refractivity contribution in [2.75, 3.05) is 13.1 Å². The maximum absolute atomic E-state index is 9.71. The minimum absolute atomic E-state index is 0.122. The molecule has 0 aliphatic carbocycles. The lowest BCUT2D eigenvalue weighted by molar-refractivity contribution is 0.0564. The molecule has 21 heavy (non-hydrogen) atoms. The number of piperidine rings is 1. The topological polar surface area (TPSA) is 82.1 Å². The fourth-order valence-electron chi connectivity index (χ4n) is 3.09. The molecule has 1 aromatic rings. The summed E-state index contributed by atoms with van der Waals surface area (Å²) in [7, 11) is 0. The Hall–Kier alpha value is -1.59. The van der Waals surface area contributed by atoms with Gasteiger partial charge in [-0.1, -0.05) is 35.5 Å². The van der Waals surface area contributed by atoms with E-state index in [4.69, 9.17) is 10.9 Å². The largest absolute Gasteiger partial charge is 0.409 e. The number of hydrogen-bond acceptors (Lipinski definition) is 4. The number of amidine groups is 1. The molecule has 2 rings (SSSR count). The molecule has 0 spiro atoms. The molecule has 2 unspecified atom stereocenters. The van der Waals surface area contributed by atoms with Crippen molar-refractivity contribution in [2.24, 2.45) is 16.8 Å². The van der Waals surface area contributed by atoms with Crippen molar-refractivity contribution in [1.29, 1.82) is 0 Å². The van der Waals surface area contributed by atoms with Gasteiger partial charge in [0.1, 0.15) is 5.84 Å². The van der Waals surface area contributed by atoms with Gasteiger partial charge in [0.15, 0.2) is 0 Å². The van der Waals surface area contributed by atoms with Crippen molar-refractivity contribution in [1.82, 2.24) is 4.90 Å². The van der Waals surface area contributed by atoms with E-state index < -0.39 is 0 Å². The Labute approximate surface area is 126 Å². The molecule has 1 aliphatic rings. The lowest BCUT2D eigenvalue weighted by atomic mass is 9.90. The molecule has 4 N–H and O–H groups in total. The molecule has 0 radical (unpaired) electrons. The maximum atomic E-state index is 9.71. The SMILES string of the molecule is CC(O)C1CCN(C(C/C(N)=N/O)c2ccccc2)CC1. The van der Waals surface area contributed by atoms with E-state index in [9.17, 15) is 5.11 Å². The second kappa shape index (κ2) is 7.43. The summed E-state index contributed by atoms with van der Waals surface area (Å²) in [5.41, 5.74) is 6.91. The quantitative estimate of drug-likeness (QED) is 0.335. The summed E-state index contributed by atoms with van der Waals surface area (Å²) >= 11 is 0.